The van der Waals surface area contributed by atoms with Crippen molar-refractivity contribution in [3.8, 4) is 0 Å². The van der Waals surface area contributed by atoms with Crippen LogP contribution in [0.1, 0.15) is 36.9 Å². The zero-order chi connectivity index (χ0) is 19.0. The van der Waals surface area contributed by atoms with Crippen molar-refractivity contribution < 1.29 is 19.5 Å². The van der Waals surface area contributed by atoms with Crippen molar-refractivity contribution in [3.05, 3.63) is 35.4 Å². The number of carboxylic acids is 1. The SMILES string of the molecule is CCCCN1C(=O)C2C(C(=O)O)NC(c3ccc(C(=N)N)cc3)C2C1=O. The first-order chi connectivity index (χ1) is 12.4. The van der Waals surface area contributed by atoms with Crippen LogP contribution in [0.5, 0.6) is 0 Å². The minimum absolute atomic E-state index is 0.0740. The van der Waals surface area contributed by atoms with Crippen LogP contribution >= 0.6 is 0 Å². The molecule has 3 rings (SSSR count). The standard InChI is InChI=1S/C18H22N4O4/c1-2-3-8-22-16(23)11-12(17(22)24)14(18(25)26)21-13(11)9-4-6-10(7-5-9)15(19)20/h4-7,11-14,21H,2-3,8H2,1H3,(H3,19,20)(H,25,26). The van der Waals surface area contributed by atoms with Gasteiger partial charge < -0.3 is 10.8 Å². The molecular weight excluding hydrogens is 336 g/mol. The van der Waals surface area contributed by atoms with Crippen LogP contribution in [0.4, 0.5) is 0 Å². The highest BCUT2D eigenvalue weighted by atomic mass is 16.4. The van der Waals surface area contributed by atoms with Crippen molar-refractivity contribution in [2.75, 3.05) is 6.54 Å². The van der Waals surface area contributed by atoms with Gasteiger partial charge in [0.15, 0.2) is 0 Å². The number of carboxylic acid groups (broad SMARTS) is 1. The molecule has 1 aromatic carbocycles. The Labute approximate surface area is 150 Å². The summed E-state index contributed by atoms with van der Waals surface area (Å²) in [6, 6.07) is 5.06. The van der Waals surface area contributed by atoms with Gasteiger partial charge >= 0.3 is 5.97 Å². The van der Waals surface area contributed by atoms with Gasteiger partial charge in [0.25, 0.3) is 0 Å². The monoisotopic (exact) mass is 358 g/mol. The molecule has 0 aromatic heterocycles. The number of rotatable bonds is 6. The van der Waals surface area contributed by atoms with E-state index in [0.717, 1.165) is 6.42 Å². The number of nitrogens with zero attached hydrogens (tertiary/aromatic N) is 1. The topological polar surface area (TPSA) is 137 Å². The van der Waals surface area contributed by atoms with E-state index in [1.807, 2.05) is 6.92 Å². The van der Waals surface area contributed by atoms with Crippen LogP contribution in [0.25, 0.3) is 0 Å². The summed E-state index contributed by atoms with van der Waals surface area (Å²) < 4.78 is 0. The fourth-order valence-corrected chi connectivity index (χ4v) is 3.81. The van der Waals surface area contributed by atoms with E-state index in [0.29, 0.717) is 24.1 Å². The molecule has 4 unspecified atom stereocenters. The summed E-state index contributed by atoms with van der Waals surface area (Å²) in [6.07, 6.45) is 1.53. The Hall–Kier alpha value is -2.74. The van der Waals surface area contributed by atoms with Gasteiger partial charge in [0, 0.05) is 18.2 Å². The summed E-state index contributed by atoms with van der Waals surface area (Å²) in [5.74, 6) is -3.56. The number of amidine groups is 1. The summed E-state index contributed by atoms with van der Waals surface area (Å²) >= 11 is 0. The molecule has 5 N–H and O–H groups in total. The van der Waals surface area contributed by atoms with Gasteiger partial charge in [-0.15, -0.1) is 0 Å². The van der Waals surface area contributed by atoms with E-state index in [1.54, 1.807) is 24.3 Å². The van der Waals surface area contributed by atoms with Crippen LogP contribution in [0.2, 0.25) is 0 Å². The molecule has 138 valence electrons. The fraction of sp³-hybridized carbons (Fsp3) is 0.444. The molecule has 1 aromatic rings. The van der Waals surface area contributed by atoms with Gasteiger partial charge in [-0.1, -0.05) is 37.6 Å². The van der Waals surface area contributed by atoms with Crippen molar-refractivity contribution in [2.45, 2.75) is 31.8 Å². The van der Waals surface area contributed by atoms with Crippen molar-refractivity contribution in [1.29, 1.82) is 5.41 Å². The van der Waals surface area contributed by atoms with E-state index >= 15 is 0 Å². The number of nitrogens with one attached hydrogen (secondary N) is 2. The number of hydrogen-bond acceptors (Lipinski definition) is 5. The molecule has 2 fully saturated rings. The molecule has 0 aliphatic carbocycles. The zero-order valence-corrected chi connectivity index (χ0v) is 14.4. The maximum absolute atomic E-state index is 12.8. The second-order valence-corrected chi connectivity index (χ2v) is 6.73. The van der Waals surface area contributed by atoms with Crippen LogP contribution in [-0.2, 0) is 14.4 Å². The molecule has 0 bridgehead atoms. The molecule has 0 radical (unpaired) electrons. The Morgan fingerprint density at radius 1 is 1.23 bits per heavy atom. The number of nitrogens with two attached hydrogens (primary N) is 1. The van der Waals surface area contributed by atoms with E-state index in [4.69, 9.17) is 11.1 Å². The third-order valence-electron chi connectivity index (χ3n) is 5.15. The normalized spacial score (nSPS) is 27.7. The van der Waals surface area contributed by atoms with Crippen LogP contribution in [-0.4, -0.2) is 46.2 Å². The second kappa shape index (κ2) is 6.87. The maximum Gasteiger partial charge on any atom is 0.321 e. The summed E-state index contributed by atoms with van der Waals surface area (Å²) in [6.45, 7) is 2.29. The number of fused-ring (bicyclic) bond motifs is 1. The molecule has 0 saturated carbocycles. The molecule has 2 heterocycles. The van der Waals surface area contributed by atoms with E-state index in [9.17, 15) is 19.5 Å². The van der Waals surface area contributed by atoms with E-state index in [2.05, 4.69) is 5.32 Å². The van der Waals surface area contributed by atoms with Gasteiger partial charge in [-0.2, -0.15) is 0 Å². The van der Waals surface area contributed by atoms with Crippen LogP contribution in [0, 0.1) is 17.2 Å². The minimum atomic E-state index is -1.14. The molecule has 2 aliphatic heterocycles. The predicted octanol–water partition coefficient (Wildman–Crippen LogP) is 0.469. The minimum Gasteiger partial charge on any atom is -0.480 e. The lowest BCUT2D eigenvalue weighted by molar-refractivity contribution is -0.146. The first-order valence-electron chi connectivity index (χ1n) is 8.65. The summed E-state index contributed by atoms with van der Waals surface area (Å²) in [7, 11) is 0. The number of aliphatic carboxylic acids is 1. The number of hydrogen-bond donors (Lipinski definition) is 4. The molecule has 4 atom stereocenters. The van der Waals surface area contributed by atoms with Gasteiger partial charge in [0.1, 0.15) is 11.9 Å². The largest absolute Gasteiger partial charge is 0.480 e. The molecular formula is C18H22N4O4. The Morgan fingerprint density at radius 3 is 2.38 bits per heavy atom. The Kier molecular flexibility index (Phi) is 4.78. The number of carbonyl (C=O) groups is 3. The molecule has 0 spiro atoms. The van der Waals surface area contributed by atoms with Crippen LogP contribution < -0.4 is 11.1 Å². The maximum atomic E-state index is 12.8. The number of carbonyl (C=O) groups excluding carboxylic acids is 2. The lowest BCUT2D eigenvalue weighted by atomic mass is 9.86. The smallest absolute Gasteiger partial charge is 0.321 e. The van der Waals surface area contributed by atoms with Gasteiger partial charge in [-0.3, -0.25) is 30.0 Å². The molecule has 8 heteroatoms. The number of imide groups is 1. The predicted molar refractivity (Wildman–Crippen MR) is 93.4 cm³/mol. The number of benzene rings is 1. The number of nitrogen functional groups attached to an aromatic ring is 1. The van der Waals surface area contributed by atoms with Gasteiger partial charge in [-0.05, 0) is 12.0 Å². The van der Waals surface area contributed by atoms with Crippen molar-refractivity contribution in [1.82, 2.24) is 10.2 Å². The zero-order valence-electron chi connectivity index (χ0n) is 14.4. The molecule has 8 nitrogen and oxygen atoms in total. The number of unbranched alkanes of at least 4 members (excludes halogenated alkanes) is 1. The summed E-state index contributed by atoms with van der Waals surface area (Å²) in [4.78, 5) is 38.4. The highest BCUT2D eigenvalue weighted by Crippen LogP contribution is 2.44. The number of amides is 2. The Bertz CT molecular complexity index is 761. The Balaban J connectivity index is 1.94. The molecule has 2 amide bonds. The van der Waals surface area contributed by atoms with Crippen LogP contribution in [0.15, 0.2) is 24.3 Å². The molecule has 26 heavy (non-hydrogen) atoms. The summed E-state index contributed by atoms with van der Waals surface area (Å²) in [5.41, 5.74) is 6.69. The quantitative estimate of drug-likeness (QED) is 0.331. The first kappa shape index (κ1) is 18.1. The third-order valence-corrected chi connectivity index (χ3v) is 5.15. The first-order valence-corrected chi connectivity index (χ1v) is 8.65. The number of likely N-dealkylation sites (tertiary alicyclic amines) is 1. The highest BCUT2D eigenvalue weighted by Gasteiger charge is 2.60. The highest BCUT2D eigenvalue weighted by molar-refractivity contribution is 6.08. The van der Waals surface area contributed by atoms with Crippen molar-refractivity contribution in [2.24, 2.45) is 17.6 Å². The average Bonchev–Trinajstić information content (AvgIpc) is 3.12. The van der Waals surface area contributed by atoms with E-state index < -0.39 is 35.8 Å². The molecule has 2 saturated heterocycles. The van der Waals surface area contributed by atoms with Gasteiger partial charge in [-0.25, -0.2) is 0 Å². The van der Waals surface area contributed by atoms with Crippen molar-refractivity contribution in [3.63, 3.8) is 0 Å². The van der Waals surface area contributed by atoms with Gasteiger partial charge in [0.05, 0.1) is 11.8 Å². The lowest BCUT2D eigenvalue weighted by Crippen LogP contribution is -2.43. The summed E-state index contributed by atoms with van der Waals surface area (Å²) in [5, 5.41) is 19.9. The average molecular weight is 358 g/mol. The van der Waals surface area contributed by atoms with E-state index in [1.165, 1.54) is 4.90 Å². The Morgan fingerprint density at radius 2 is 1.85 bits per heavy atom. The third kappa shape index (κ3) is 2.86. The molecule has 2 aliphatic rings. The lowest BCUT2D eigenvalue weighted by Gasteiger charge is -2.21. The second-order valence-electron chi connectivity index (χ2n) is 6.73. The van der Waals surface area contributed by atoms with Gasteiger partial charge in [0.2, 0.25) is 11.8 Å². The van der Waals surface area contributed by atoms with Crippen molar-refractivity contribution >= 4 is 23.6 Å². The van der Waals surface area contributed by atoms with E-state index in [-0.39, 0.29) is 11.7 Å². The fourth-order valence-electron chi connectivity index (χ4n) is 3.81. The van der Waals surface area contributed by atoms with Crippen LogP contribution in [0.3, 0.4) is 0 Å².